The number of unbranched alkanes of at least 4 members (excludes halogenated alkanes) is 2. The molecule has 1 fully saturated rings. The SMILES string of the molecule is CCCC/C=C/C=C1OO1. The first-order valence-corrected chi connectivity index (χ1v) is 3.65. The van der Waals surface area contributed by atoms with Crippen molar-refractivity contribution in [2.24, 2.45) is 0 Å². The zero-order valence-electron chi connectivity index (χ0n) is 6.17. The molecule has 1 aliphatic rings. The number of rotatable bonds is 4. The molecule has 2 nitrogen and oxygen atoms in total. The van der Waals surface area contributed by atoms with Crippen molar-refractivity contribution in [2.45, 2.75) is 26.2 Å². The Morgan fingerprint density at radius 1 is 1.40 bits per heavy atom. The van der Waals surface area contributed by atoms with E-state index < -0.39 is 0 Å². The van der Waals surface area contributed by atoms with E-state index in [2.05, 4.69) is 22.8 Å². The summed E-state index contributed by atoms with van der Waals surface area (Å²) in [6.07, 6.45) is 9.52. The van der Waals surface area contributed by atoms with Crippen molar-refractivity contribution in [1.82, 2.24) is 0 Å². The maximum Gasteiger partial charge on any atom is 0.379 e. The summed E-state index contributed by atoms with van der Waals surface area (Å²) >= 11 is 0. The van der Waals surface area contributed by atoms with E-state index in [1.165, 1.54) is 12.8 Å². The Hall–Kier alpha value is -0.920. The molecule has 56 valence electrons. The van der Waals surface area contributed by atoms with Crippen LogP contribution in [-0.2, 0) is 9.78 Å². The lowest BCUT2D eigenvalue weighted by molar-refractivity contribution is 0.0850. The van der Waals surface area contributed by atoms with Crippen LogP contribution < -0.4 is 0 Å². The van der Waals surface area contributed by atoms with E-state index in [9.17, 15) is 0 Å². The molecule has 0 bridgehead atoms. The van der Waals surface area contributed by atoms with Gasteiger partial charge in [-0.15, -0.1) is 0 Å². The molecule has 0 atom stereocenters. The first kappa shape index (κ1) is 7.19. The summed E-state index contributed by atoms with van der Waals surface area (Å²) in [6.45, 7) is 2.18. The predicted molar refractivity (Wildman–Crippen MR) is 38.9 cm³/mol. The molecule has 0 aromatic carbocycles. The van der Waals surface area contributed by atoms with E-state index in [0.717, 1.165) is 6.42 Å². The molecule has 0 aliphatic carbocycles. The van der Waals surface area contributed by atoms with Gasteiger partial charge >= 0.3 is 5.95 Å². The molecule has 1 aliphatic heterocycles. The molecule has 10 heavy (non-hydrogen) atoms. The van der Waals surface area contributed by atoms with Gasteiger partial charge in [-0.25, -0.2) is 9.78 Å². The van der Waals surface area contributed by atoms with Gasteiger partial charge in [0.25, 0.3) is 0 Å². The van der Waals surface area contributed by atoms with Crippen LogP contribution >= 0.6 is 0 Å². The van der Waals surface area contributed by atoms with Gasteiger partial charge in [0.05, 0.1) is 0 Å². The molecule has 0 saturated carbocycles. The van der Waals surface area contributed by atoms with Crippen molar-refractivity contribution < 1.29 is 9.78 Å². The molecule has 0 radical (unpaired) electrons. The molecule has 1 heterocycles. The third-order valence-corrected chi connectivity index (χ3v) is 1.27. The molecular weight excluding hydrogens is 128 g/mol. The smallest absolute Gasteiger partial charge is 0.242 e. The lowest BCUT2D eigenvalue weighted by Gasteiger charge is -1.84. The summed E-state index contributed by atoms with van der Waals surface area (Å²) < 4.78 is 0. The second kappa shape index (κ2) is 3.99. The lowest BCUT2D eigenvalue weighted by atomic mass is 10.2. The Morgan fingerprint density at radius 2 is 2.20 bits per heavy atom. The third-order valence-electron chi connectivity index (χ3n) is 1.27. The average Bonchev–Trinajstić information content (AvgIpc) is 2.71. The number of hydrogen-bond donors (Lipinski definition) is 0. The van der Waals surface area contributed by atoms with E-state index in [1.807, 2.05) is 12.2 Å². The molecule has 2 heteroatoms. The van der Waals surface area contributed by atoms with Gasteiger partial charge in [0.2, 0.25) is 0 Å². The van der Waals surface area contributed by atoms with Gasteiger partial charge in [0.15, 0.2) is 0 Å². The van der Waals surface area contributed by atoms with Crippen molar-refractivity contribution >= 4 is 0 Å². The van der Waals surface area contributed by atoms with Crippen LogP contribution in [0.3, 0.4) is 0 Å². The molecule has 0 N–H and O–H groups in total. The molecule has 0 aromatic rings. The van der Waals surface area contributed by atoms with Crippen LogP contribution in [0.25, 0.3) is 0 Å². The largest absolute Gasteiger partial charge is 0.379 e. The minimum Gasteiger partial charge on any atom is -0.242 e. The van der Waals surface area contributed by atoms with Crippen LogP contribution in [0.2, 0.25) is 0 Å². The molecule has 0 unspecified atom stereocenters. The van der Waals surface area contributed by atoms with Gasteiger partial charge in [-0.3, -0.25) is 0 Å². The van der Waals surface area contributed by atoms with Crippen LogP contribution in [-0.4, -0.2) is 0 Å². The number of hydrogen-bond acceptors (Lipinski definition) is 2. The molecule has 0 spiro atoms. The van der Waals surface area contributed by atoms with Crippen LogP contribution in [0, 0.1) is 0 Å². The van der Waals surface area contributed by atoms with Crippen LogP contribution in [0.4, 0.5) is 0 Å². The van der Waals surface area contributed by atoms with Crippen LogP contribution in [0.5, 0.6) is 0 Å². The van der Waals surface area contributed by atoms with E-state index in [-0.39, 0.29) is 0 Å². The molecule has 0 amide bonds. The highest BCUT2D eigenvalue weighted by molar-refractivity contribution is 5.05. The third kappa shape index (κ3) is 3.17. The topological polar surface area (TPSA) is 25.1 Å². The first-order valence-electron chi connectivity index (χ1n) is 3.65. The lowest BCUT2D eigenvalue weighted by Crippen LogP contribution is -1.64. The Balaban J connectivity index is 1.99. The summed E-state index contributed by atoms with van der Waals surface area (Å²) in [5.41, 5.74) is 0. The maximum absolute atomic E-state index is 4.42. The zero-order valence-corrected chi connectivity index (χ0v) is 6.17. The van der Waals surface area contributed by atoms with E-state index in [1.54, 1.807) is 0 Å². The fourth-order valence-corrected chi connectivity index (χ4v) is 0.644. The fourth-order valence-electron chi connectivity index (χ4n) is 0.644. The summed E-state index contributed by atoms with van der Waals surface area (Å²) in [7, 11) is 0. The Bertz CT molecular complexity index is 141. The van der Waals surface area contributed by atoms with Gasteiger partial charge in [-0.1, -0.05) is 31.9 Å². The Labute approximate surface area is 61.1 Å². The normalized spacial score (nSPS) is 14.7. The Kier molecular flexibility index (Phi) is 2.87. The standard InChI is InChI=1S/C8H12O2/c1-2-3-4-5-6-7-8-9-10-8/h5-7H,2-4H2,1H3/b6-5+. The summed E-state index contributed by atoms with van der Waals surface area (Å²) in [6, 6.07) is 0. The maximum atomic E-state index is 4.42. The van der Waals surface area contributed by atoms with Crippen molar-refractivity contribution in [3.63, 3.8) is 0 Å². The summed E-state index contributed by atoms with van der Waals surface area (Å²) in [5.74, 6) is 0.618. The van der Waals surface area contributed by atoms with Gasteiger partial charge < -0.3 is 0 Å². The molecular formula is C8H12O2. The van der Waals surface area contributed by atoms with E-state index in [4.69, 9.17) is 0 Å². The minimum atomic E-state index is 0.618. The van der Waals surface area contributed by atoms with Gasteiger partial charge in [-0.2, -0.15) is 0 Å². The summed E-state index contributed by atoms with van der Waals surface area (Å²) in [5, 5.41) is 0. The van der Waals surface area contributed by atoms with E-state index >= 15 is 0 Å². The first-order chi connectivity index (χ1) is 4.93. The fraction of sp³-hybridized carbons (Fsp3) is 0.500. The number of allylic oxidation sites excluding steroid dienone is 3. The molecule has 0 aromatic heterocycles. The second-order valence-corrected chi connectivity index (χ2v) is 2.22. The van der Waals surface area contributed by atoms with Crippen molar-refractivity contribution in [3.05, 3.63) is 24.2 Å². The quantitative estimate of drug-likeness (QED) is 0.340. The Morgan fingerprint density at radius 3 is 2.80 bits per heavy atom. The average molecular weight is 140 g/mol. The van der Waals surface area contributed by atoms with Gasteiger partial charge in [0, 0.05) is 6.08 Å². The second-order valence-electron chi connectivity index (χ2n) is 2.22. The molecule has 1 saturated heterocycles. The van der Waals surface area contributed by atoms with Crippen LogP contribution in [0.15, 0.2) is 24.2 Å². The monoisotopic (exact) mass is 140 g/mol. The van der Waals surface area contributed by atoms with Gasteiger partial charge in [-0.05, 0) is 6.42 Å². The minimum absolute atomic E-state index is 0.618. The molecule has 1 rings (SSSR count). The highest BCUT2D eigenvalue weighted by Gasteiger charge is 2.14. The van der Waals surface area contributed by atoms with Gasteiger partial charge in [0.1, 0.15) is 0 Å². The van der Waals surface area contributed by atoms with Crippen molar-refractivity contribution in [3.8, 4) is 0 Å². The van der Waals surface area contributed by atoms with Crippen molar-refractivity contribution in [1.29, 1.82) is 0 Å². The van der Waals surface area contributed by atoms with Crippen molar-refractivity contribution in [2.75, 3.05) is 0 Å². The summed E-state index contributed by atoms with van der Waals surface area (Å²) in [4.78, 5) is 8.85. The van der Waals surface area contributed by atoms with E-state index in [0.29, 0.717) is 5.95 Å². The van der Waals surface area contributed by atoms with Crippen LogP contribution in [0.1, 0.15) is 26.2 Å². The highest BCUT2D eigenvalue weighted by atomic mass is 17.4. The zero-order chi connectivity index (χ0) is 7.23. The predicted octanol–water partition coefficient (Wildman–Crippen LogP) is 2.54. The highest BCUT2D eigenvalue weighted by Crippen LogP contribution is 2.16.